The summed E-state index contributed by atoms with van der Waals surface area (Å²) in [5, 5.41) is 2.10. The number of amides is 1. The van der Waals surface area contributed by atoms with Gasteiger partial charge in [0.25, 0.3) is 5.91 Å². The standard InChI is InChI=1S/C22H20F2N2O4S/c23-19-7-4-8-20(24)22(19)26-21(27)15-30-17-9-11-18(12-10-17)31(28,29)25-14-13-16-5-2-1-3-6-16/h1-12,25H,13-15H2,(H,26,27). The van der Waals surface area contributed by atoms with E-state index < -0.39 is 39.9 Å². The fourth-order valence-electron chi connectivity index (χ4n) is 2.71. The van der Waals surface area contributed by atoms with E-state index in [1.807, 2.05) is 30.3 Å². The average Bonchev–Trinajstić information content (AvgIpc) is 2.76. The number of para-hydroxylation sites is 1. The van der Waals surface area contributed by atoms with Gasteiger partial charge in [-0.2, -0.15) is 0 Å². The zero-order chi connectivity index (χ0) is 22.3. The summed E-state index contributed by atoms with van der Waals surface area (Å²) in [7, 11) is -3.70. The second kappa shape index (κ2) is 10.1. The average molecular weight is 446 g/mol. The van der Waals surface area contributed by atoms with Gasteiger partial charge >= 0.3 is 0 Å². The molecule has 0 heterocycles. The van der Waals surface area contributed by atoms with E-state index in [0.29, 0.717) is 6.42 Å². The van der Waals surface area contributed by atoms with Crippen LogP contribution in [0.4, 0.5) is 14.5 Å². The molecule has 0 unspecified atom stereocenters. The van der Waals surface area contributed by atoms with Gasteiger partial charge in [-0.3, -0.25) is 4.79 Å². The maximum atomic E-state index is 13.6. The first-order chi connectivity index (χ1) is 14.8. The Morgan fingerprint density at radius 1 is 0.871 bits per heavy atom. The van der Waals surface area contributed by atoms with Crippen LogP contribution >= 0.6 is 0 Å². The summed E-state index contributed by atoms with van der Waals surface area (Å²) in [6.07, 6.45) is 0.555. The number of carbonyl (C=O) groups is 1. The van der Waals surface area contributed by atoms with Gasteiger partial charge in [0.2, 0.25) is 10.0 Å². The summed E-state index contributed by atoms with van der Waals surface area (Å²) in [5.41, 5.74) is 0.460. The molecule has 3 rings (SSSR count). The molecule has 2 N–H and O–H groups in total. The molecule has 162 valence electrons. The largest absolute Gasteiger partial charge is 0.484 e. The third-order valence-corrected chi connectivity index (χ3v) is 5.76. The molecule has 0 aliphatic heterocycles. The molecule has 0 bridgehead atoms. The van der Waals surface area contributed by atoms with E-state index in [9.17, 15) is 22.0 Å². The van der Waals surface area contributed by atoms with Crippen LogP contribution in [0.3, 0.4) is 0 Å². The number of benzene rings is 3. The van der Waals surface area contributed by atoms with Crippen LogP contribution < -0.4 is 14.8 Å². The Kier molecular flexibility index (Phi) is 7.32. The lowest BCUT2D eigenvalue weighted by Crippen LogP contribution is -2.26. The zero-order valence-corrected chi connectivity index (χ0v) is 17.2. The van der Waals surface area contributed by atoms with Crippen LogP contribution in [0, 0.1) is 11.6 Å². The van der Waals surface area contributed by atoms with Gasteiger partial charge in [-0.15, -0.1) is 0 Å². The predicted octanol–water partition coefficient (Wildman–Crippen LogP) is 3.50. The van der Waals surface area contributed by atoms with Gasteiger partial charge in [0.1, 0.15) is 23.1 Å². The van der Waals surface area contributed by atoms with E-state index >= 15 is 0 Å². The summed E-state index contributed by atoms with van der Waals surface area (Å²) in [4.78, 5) is 11.9. The highest BCUT2D eigenvalue weighted by atomic mass is 32.2. The second-order valence-corrected chi connectivity index (χ2v) is 8.31. The Morgan fingerprint density at radius 2 is 1.52 bits per heavy atom. The minimum Gasteiger partial charge on any atom is -0.484 e. The molecule has 0 spiro atoms. The van der Waals surface area contributed by atoms with Gasteiger partial charge in [0, 0.05) is 6.54 Å². The van der Waals surface area contributed by atoms with Crippen LogP contribution in [0.5, 0.6) is 5.75 Å². The van der Waals surface area contributed by atoms with Gasteiger partial charge < -0.3 is 10.1 Å². The topological polar surface area (TPSA) is 84.5 Å². The Labute approximate surface area is 178 Å². The number of sulfonamides is 1. The number of anilines is 1. The van der Waals surface area contributed by atoms with Gasteiger partial charge in [-0.1, -0.05) is 36.4 Å². The van der Waals surface area contributed by atoms with Gasteiger partial charge in [-0.05, 0) is 48.4 Å². The number of ether oxygens (including phenoxy) is 1. The van der Waals surface area contributed by atoms with Crippen molar-refractivity contribution in [1.82, 2.24) is 4.72 Å². The van der Waals surface area contributed by atoms with Crippen molar-refractivity contribution < 1.29 is 26.7 Å². The Hall–Kier alpha value is -3.30. The zero-order valence-electron chi connectivity index (χ0n) is 16.3. The minimum absolute atomic E-state index is 0.0470. The van der Waals surface area contributed by atoms with Crippen molar-refractivity contribution >= 4 is 21.6 Å². The maximum absolute atomic E-state index is 13.6. The van der Waals surface area contributed by atoms with Crippen molar-refractivity contribution in [3.63, 3.8) is 0 Å². The molecular weight excluding hydrogens is 426 g/mol. The van der Waals surface area contributed by atoms with Gasteiger partial charge in [0.15, 0.2) is 6.61 Å². The third kappa shape index (κ3) is 6.34. The molecule has 6 nitrogen and oxygen atoms in total. The molecule has 3 aromatic carbocycles. The maximum Gasteiger partial charge on any atom is 0.262 e. The molecule has 0 saturated carbocycles. The smallest absolute Gasteiger partial charge is 0.262 e. The van der Waals surface area contributed by atoms with Crippen LogP contribution in [-0.2, 0) is 21.2 Å². The van der Waals surface area contributed by atoms with Gasteiger partial charge in [0.05, 0.1) is 4.90 Å². The van der Waals surface area contributed by atoms with Crippen molar-refractivity contribution in [2.24, 2.45) is 0 Å². The Bertz CT molecular complexity index is 1120. The summed E-state index contributed by atoms with van der Waals surface area (Å²) in [6, 6.07) is 18.2. The fourth-order valence-corrected chi connectivity index (χ4v) is 3.75. The van der Waals surface area contributed by atoms with Crippen molar-refractivity contribution in [1.29, 1.82) is 0 Å². The van der Waals surface area contributed by atoms with Crippen molar-refractivity contribution in [2.75, 3.05) is 18.5 Å². The van der Waals surface area contributed by atoms with E-state index in [1.165, 1.54) is 30.3 Å². The van der Waals surface area contributed by atoms with E-state index in [-0.39, 0.29) is 17.2 Å². The van der Waals surface area contributed by atoms with Crippen LogP contribution in [-0.4, -0.2) is 27.5 Å². The molecule has 31 heavy (non-hydrogen) atoms. The first-order valence-corrected chi connectivity index (χ1v) is 10.8. The molecule has 0 atom stereocenters. The molecule has 0 radical (unpaired) electrons. The lowest BCUT2D eigenvalue weighted by Gasteiger charge is -2.10. The Morgan fingerprint density at radius 3 is 2.16 bits per heavy atom. The van der Waals surface area contributed by atoms with Crippen LogP contribution in [0.15, 0.2) is 77.7 Å². The monoisotopic (exact) mass is 446 g/mol. The lowest BCUT2D eigenvalue weighted by atomic mass is 10.2. The lowest BCUT2D eigenvalue weighted by molar-refractivity contribution is -0.118. The highest BCUT2D eigenvalue weighted by Gasteiger charge is 2.15. The van der Waals surface area contributed by atoms with Crippen LogP contribution in [0.2, 0.25) is 0 Å². The summed E-state index contributed by atoms with van der Waals surface area (Å²) >= 11 is 0. The second-order valence-electron chi connectivity index (χ2n) is 6.54. The van der Waals surface area contributed by atoms with Gasteiger partial charge in [-0.25, -0.2) is 21.9 Å². The summed E-state index contributed by atoms with van der Waals surface area (Å²) < 4.78 is 59.7. The minimum atomic E-state index is -3.70. The molecule has 0 aromatic heterocycles. The van der Waals surface area contributed by atoms with Crippen molar-refractivity contribution in [2.45, 2.75) is 11.3 Å². The highest BCUT2D eigenvalue weighted by Crippen LogP contribution is 2.19. The molecule has 1 amide bonds. The number of hydrogen-bond donors (Lipinski definition) is 2. The first-order valence-electron chi connectivity index (χ1n) is 9.35. The summed E-state index contributed by atoms with van der Waals surface area (Å²) in [5.74, 6) is -2.33. The highest BCUT2D eigenvalue weighted by molar-refractivity contribution is 7.89. The normalized spacial score (nSPS) is 11.2. The molecular formula is C22H20F2N2O4S. The molecule has 9 heteroatoms. The third-order valence-electron chi connectivity index (χ3n) is 4.28. The molecule has 0 aliphatic rings. The van der Waals surface area contributed by atoms with E-state index in [0.717, 1.165) is 17.7 Å². The first kappa shape index (κ1) is 22.4. The number of halogens is 2. The predicted molar refractivity (Wildman–Crippen MR) is 112 cm³/mol. The van der Waals surface area contributed by atoms with E-state index in [4.69, 9.17) is 4.74 Å². The number of rotatable bonds is 9. The summed E-state index contributed by atoms with van der Waals surface area (Å²) in [6.45, 7) is -0.257. The number of nitrogens with one attached hydrogen (secondary N) is 2. The fraction of sp³-hybridized carbons (Fsp3) is 0.136. The quantitative estimate of drug-likeness (QED) is 0.527. The van der Waals surface area contributed by atoms with E-state index in [2.05, 4.69) is 10.0 Å². The number of hydrogen-bond acceptors (Lipinski definition) is 4. The van der Waals surface area contributed by atoms with Crippen LogP contribution in [0.25, 0.3) is 0 Å². The Balaban J connectivity index is 1.51. The van der Waals surface area contributed by atoms with E-state index in [1.54, 1.807) is 0 Å². The van der Waals surface area contributed by atoms with Crippen molar-refractivity contribution in [3.8, 4) is 5.75 Å². The van der Waals surface area contributed by atoms with Crippen LogP contribution in [0.1, 0.15) is 5.56 Å². The van der Waals surface area contributed by atoms with Crippen molar-refractivity contribution in [3.05, 3.63) is 90.0 Å². The molecule has 3 aromatic rings. The SMILES string of the molecule is O=C(COc1ccc(S(=O)(=O)NCCc2ccccc2)cc1)Nc1c(F)cccc1F. The molecule has 0 saturated heterocycles. The molecule has 0 fully saturated rings. The number of carbonyl (C=O) groups excluding carboxylic acids is 1. The molecule has 0 aliphatic carbocycles.